The first kappa shape index (κ1) is 10.6. The van der Waals surface area contributed by atoms with Crippen LogP contribution >= 0.6 is 0 Å². The smallest absolute Gasteiger partial charge is 0.129 e. The first-order chi connectivity index (χ1) is 7.09. The predicted molar refractivity (Wildman–Crippen MR) is 53.6 cm³/mol. The van der Waals surface area contributed by atoms with Crippen LogP contribution < -0.4 is 0 Å². The Labute approximate surface area is 88.1 Å². The molecular weight excluding hydrogens is 198 g/mol. The third-order valence-electron chi connectivity index (χ3n) is 2.91. The van der Waals surface area contributed by atoms with E-state index in [0.29, 0.717) is 6.42 Å². The van der Waals surface area contributed by atoms with Gasteiger partial charge < -0.3 is 4.74 Å². The van der Waals surface area contributed by atoms with E-state index in [1.54, 1.807) is 0 Å². The number of ether oxygens (including phenoxy) is 1. The molecule has 1 heterocycles. The van der Waals surface area contributed by atoms with Gasteiger partial charge in [-0.25, -0.2) is 8.78 Å². The largest absolute Gasteiger partial charge is 0.370 e. The molecule has 1 saturated heterocycles. The molecule has 0 spiro atoms. The highest BCUT2D eigenvalue weighted by Gasteiger charge is 2.39. The fraction of sp³-hybridized carbons (Fsp3) is 0.500. The summed E-state index contributed by atoms with van der Waals surface area (Å²) >= 11 is 0. The highest BCUT2D eigenvalue weighted by Crippen LogP contribution is 2.31. The molecule has 0 radical (unpaired) electrons. The molecule has 1 aromatic carbocycles. The summed E-state index contributed by atoms with van der Waals surface area (Å²) < 4.78 is 31.9. The summed E-state index contributed by atoms with van der Waals surface area (Å²) in [5.74, 6) is -0.767. The van der Waals surface area contributed by atoms with Crippen molar-refractivity contribution in [2.75, 3.05) is 0 Å². The van der Waals surface area contributed by atoms with Gasteiger partial charge in [0.2, 0.25) is 0 Å². The van der Waals surface area contributed by atoms with E-state index in [9.17, 15) is 8.78 Å². The van der Waals surface area contributed by atoms with Crippen molar-refractivity contribution in [3.05, 3.63) is 35.4 Å². The Morgan fingerprint density at radius 1 is 1.33 bits per heavy atom. The molecule has 0 aromatic heterocycles. The van der Waals surface area contributed by atoms with Gasteiger partial charge in [0.15, 0.2) is 0 Å². The lowest BCUT2D eigenvalue weighted by atomic mass is 9.96. The van der Waals surface area contributed by atoms with Crippen molar-refractivity contribution in [3.63, 3.8) is 0 Å². The summed E-state index contributed by atoms with van der Waals surface area (Å²) in [6.45, 7) is 3.93. The lowest BCUT2D eigenvalue weighted by molar-refractivity contribution is 0.325. The second-order valence-corrected chi connectivity index (χ2v) is 4.19. The molecule has 0 bridgehead atoms. The second-order valence-electron chi connectivity index (χ2n) is 4.19. The maximum absolute atomic E-state index is 13.3. The number of hydrogen-bond donors (Lipinski definition) is 0. The zero-order valence-corrected chi connectivity index (χ0v) is 8.84. The average Bonchev–Trinajstić information content (AvgIpc) is 2.89. The molecule has 3 heteroatoms. The summed E-state index contributed by atoms with van der Waals surface area (Å²) in [5.41, 5.74) is 0.174. The summed E-state index contributed by atoms with van der Waals surface area (Å²) in [5, 5.41) is 0. The van der Waals surface area contributed by atoms with Gasteiger partial charge in [0, 0.05) is 5.56 Å². The minimum Gasteiger partial charge on any atom is -0.370 e. The molecule has 2 rings (SSSR count). The SMILES string of the molecule is CC(Cc1c(F)cccc1F)C1OC1C. The predicted octanol–water partition coefficient (Wildman–Crippen LogP) is 2.93. The zero-order chi connectivity index (χ0) is 11.0. The van der Waals surface area contributed by atoms with Gasteiger partial charge >= 0.3 is 0 Å². The van der Waals surface area contributed by atoms with Crippen LogP contribution in [0.2, 0.25) is 0 Å². The zero-order valence-electron chi connectivity index (χ0n) is 8.84. The van der Waals surface area contributed by atoms with Gasteiger partial charge in [0.25, 0.3) is 0 Å². The van der Waals surface area contributed by atoms with Crippen LogP contribution in [-0.4, -0.2) is 12.2 Å². The van der Waals surface area contributed by atoms with E-state index in [4.69, 9.17) is 4.74 Å². The third-order valence-corrected chi connectivity index (χ3v) is 2.91. The Hall–Kier alpha value is -0.960. The molecule has 1 nitrogen and oxygen atoms in total. The minimum atomic E-state index is -0.463. The van der Waals surface area contributed by atoms with Crippen molar-refractivity contribution < 1.29 is 13.5 Å². The highest BCUT2D eigenvalue weighted by molar-refractivity contribution is 5.20. The molecule has 0 aliphatic carbocycles. The first-order valence-corrected chi connectivity index (χ1v) is 5.18. The van der Waals surface area contributed by atoms with Crippen LogP contribution in [0.25, 0.3) is 0 Å². The van der Waals surface area contributed by atoms with Crippen molar-refractivity contribution in [2.45, 2.75) is 32.5 Å². The Kier molecular flexibility index (Phi) is 2.74. The fourth-order valence-corrected chi connectivity index (χ4v) is 1.96. The van der Waals surface area contributed by atoms with E-state index >= 15 is 0 Å². The standard InChI is InChI=1S/C12H14F2O/c1-7(12-8(2)15-12)6-9-10(13)4-3-5-11(9)14/h3-5,7-8,12H,6H2,1-2H3. The fourth-order valence-electron chi connectivity index (χ4n) is 1.96. The summed E-state index contributed by atoms with van der Waals surface area (Å²) in [6, 6.07) is 3.97. The molecular formula is C12H14F2O. The van der Waals surface area contributed by atoms with E-state index in [1.807, 2.05) is 13.8 Å². The molecule has 1 aliphatic rings. The van der Waals surface area contributed by atoms with Crippen LogP contribution in [-0.2, 0) is 11.2 Å². The number of rotatable bonds is 3. The van der Waals surface area contributed by atoms with Gasteiger partial charge in [-0.2, -0.15) is 0 Å². The number of hydrogen-bond acceptors (Lipinski definition) is 1. The average molecular weight is 212 g/mol. The quantitative estimate of drug-likeness (QED) is 0.702. The Balaban J connectivity index is 2.10. The molecule has 1 aliphatic heterocycles. The number of halogens is 2. The number of epoxide rings is 1. The van der Waals surface area contributed by atoms with Crippen molar-refractivity contribution >= 4 is 0 Å². The lowest BCUT2D eigenvalue weighted by Gasteiger charge is -2.09. The molecule has 3 atom stereocenters. The summed E-state index contributed by atoms with van der Waals surface area (Å²) in [7, 11) is 0. The minimum absolute atomic E-state index is 0.156. The Bertz CT molecular complexity index is 344. The van der Waals surface area contributed by atoms with Crippen molar-refractivity contribution in [1.82, 2.24) is 0 Å². The van der Waals surface area contributed by atoms with Gasteiger partial charge in [0.1, 0.15) is 11.6 Å². The van der Waals surface area contributed by atoms with E-state index < -0.39 is 11.6 Å². The van der Waals surface area contributed by atoms with Gasteiger partial charge in [-0.3, -0.25) is 0 Å². The monoisotopic (exact) mass is 212 g/mol. The number of benzene rings is 1. The summed E-state index contributed by atoms with van der Waals surface area (Å²) in [4.78, 5) is 0. The van der Waals surface area contributed by atoms with Crippen LogP contribution in [0.15, 0.2) is 18.2 Å². The van der Waals surface area contributed by atoms with E-state index in [0.717, 1.165) is 0 Å². The van der Waals surface area contributed by atoms with Crippen molar-refractivity contribution in [2.24, 2.45) is 5.92 Å². The van der Waals surface area contributed by atoms with Crippen LogP contribution in [0.1, 0.15) is 19.4 Å². The second kappa shape index (κ2) is 3.89. The molecule has 15 heavy (non-hydrogen) atoms. The molecule has 0 N–H and O–H groups in total. The molecule has 3 unspecified atom stereocenters. The molecule has 82 valence electrons. The Morgan fingerprint density at radius 2 is 1.87 bits per heavy atom. The summed E-state index contributed by atoms with van der Waals surface area (Å²) in [6.07, 6.45) is 0.784. The van der Waals surface area contributed by atoms with E-state index in [1.165, 1.54) is 18.2 Å². The molecule has 0 amide bonds. The van der Waals surface area contributed by atoms with Gasteiger partial charge in [-0.15, -0.1) is 0 Å². The van der Waals surface area contributed by atoms with Crippen LogP contribution in [0, 0.1) is 17.6 Å². The van der Waals surface area contributed by atoms with Crippen LogP contribution in [0.5, 0.6) is 0 Å². The molecule has 1 aromatic rings. The maximum atomic E-state index is 13.3. The van der Waals surface area contributed by atoms with Gasteiger partial charge in [-0.1, -0.05) is 13.0 Å². The molecule has 0 saturated carbocycles. The lowest BCUT2D eigenvalue weighted by Crippen LogP contribution is -2.11. The van der Waals surface area contributed by atoms with Gasteiger partial charge in [-0.05, 0) is 31.4 Å². The first-order valence-electron chi connectivity index (χ1n) is 5.18. The van der Waals surface area contributed by atoms with E-state index in [-0.39, 0.29) is 23.7 Å². The maximum Gasteiger partial charge on any atom is 0.129 e. The normalized spacial score (nSPS) is 26.4. The Morgan fingerprint density at radius 3 is 2.33 bits per heavy atom. The highest BCUT2D eigenvalue weighted by atomic mass is 19.1. The third kappa shape index (κ3) is 2.17. The molecule has 1 fully saturated rings. The topological polar surface area (TPSA) is 12.5 Å². The van der Waals surface area contributed by atoms with E-state index in [2.05, 4.69) is 0 Å². The van der Waals surface area contributed by atoms with Crippen LogP contribution in [0.4, 0.5) is 8.78 Å². The van der Waals surface area contributed by atoms with Crippen molar-refractivity contribution in [1.29, 1.82) is 0 Å². The van der Waals surface area contributed by atoms with Crippen molar-refractivity contribution in [3.8, 4) is 0 Å². The van der Waals surface area contributed by atoms with Gasteiger partial charge in [0.05, 0.1) is 12.2 Å². The van der Waals surface area contributed by atoms with Crippen LogP contribution in [0.3, 0.4) is 0 Å².